The molecule has 1 aromatic carbocycles. The van der Waals surface area contributed by atoms with Crippen molar-refractivity contribution < 1.29 is 9.59 Å². The predicted molar refractivity (Wildman–Crippen MR) is 103 cm³/mol. The highest BCUT2D eigenvalue weighted by Gasteiger charge is 2.16. The fraction of sp³-hybridized carbons (Fsp3) is 0.381. The first-order valence-corrected chi connectivity index (χ1v) is 9.02. The summed E-state index contributed by atoms with van der Waals surface area (Å²) in [5.74, 6) is -0.127. The van der Waals surface area contributed by atoms with Gasteiger partial charge < -0.3 is 9.80 Å². The smallest absolute Gasteiger partial charge is 0.253 e. The highest BCUT2D eigenvalue weighted by molar-refractivity contribution is 5.99. The van der Waals surface area contributed by atoms with Crippen LogP contribution in [0, 0.1) is 0 Å². The maximum absolute atomic E-state index is 12.7. The minimum absolute atomic E-state index is 0.0486. The molecule has 138 valence electrons. The first kappa shape index (κ1) is 19.6. The molecule has 5 heteroatoms. The van der Waals surface area contributed by atoms with Gasteiger partial charge in [0.1, 0.15) is 0 Å². The molecule has 0 saturated carbocycles. The van der Waals surface area contributed by atoms with E-state index in [1.807, 2.05) is 12.1 Å². The second-order valence-electron chi connectivity index (χ2n) is 6.49. The zero-order valence-electron chi connectivity index (χ0n) is 15.8. The van der Waals surface area contributed by atoms with E-state index >= 15 is 0 Å². The van der Waals surface area contributed by atoms with E-state index in [9.17, 15) is 9.59 Å². The Morgan fingerprint density at radius 1 is 0.923 bits per heavy atom. The summed E-state index contributed by atoms with van der Waals surface area (Å²) in [5, 5.41) is 0. The number of unbranched alkanes of at least 4 members (excludes halogenated alkanes) is 1. The van der Waals surface area contributed by atoms with Gasteiger partial charge in [0.15, 0.2) is 0 Å². The van der Waals surface area contributed by atoms with Crippen LogP contribution in [-0.4, -0.2) is 53.8 Å². The third-order valence-corrected chi connectivity index (χ3v) is 4.38. The number of carbonyl (C=O) groups is 2. The molecule has 2 aromatic rings. The minimum Gasteiger partial charge on any atom is -0.342 e. The largest absolute Gasteiger partial charge is 0.342 e. The van der Waals surface area contributed by atoms with Crippen molar-refractivity contribution >= 4 is 11.8 Å². The molecule has 0 bridgehead atoms. The van der Waals surface area contributed by atoms with Crippen LogP contribution in [0.15, 0.2) is 48.8 Å². The standard InChI is InChI=1S/C21H27N3O2/c1-4-5-14-23(2)20(25)18-7-6-8-19(16-18)21(26)24(3)15-11-17-9-12-22-13-10-17/h6-10,12-13,16H,4-5,11,14-15H2,1-3H3. The summed E-state index contributed by atoms with van der Waals surface area (Å²) < 4.78 is 0. The number of hydrogen-bond donors (Lipinski definition) is 0. The molecule has 1 heterocycles. The number of aromatic nitrogens is 1. The molecule has 0 N–H and O–H groups in total. The number of likely N-dealkylation sites (N-methyl/N-ethyl adjacent to an activating group) is 1. The summed E-state index contributed by atoms with van der Waals surface area (Å²) in [4.78, 5) is 32.6. The molecule has 0 atom stereocenters. The highest BCUT2D eigenvalue weighted by Crippen LogP contribution is 2.11. The number of hydrogen-bond acceptors (Lipinski definition) is 3. The maximum Gasteiger partial charge on any atom is 0.253 e. The van der Waals surface area contributed by atoms with E-state index in [1.54, 1.807) is 60.6 Å². The van der Waals surface area contributed by atoms with Gasteiger partial charge >= 0.3 is 0 Å². The number of nitrogens with zero attached hydrogens (tertiary/aromatic N) is 3. The Morgan fingerprint density at radius 3 is 2.08 bits per heavy atom. The molecule has 0 aliphatic carbocycles. The molecule has 0 saturated heterocycles. The Balaban J connectivity index is 2.01. The van der Waals surface area contributed by atoms with E-state index < -0.39 is 0 Å². The van der Waals surface area contributed by atoms with Crippen molar-refractivity contribution in [3.8, 4) is 0 Å². The van der Waals surface area contributed by atoms with Crippen molar-refractivity contribution in [2.75, 3.05) is 27.2 Å². The highest BCUT2D eigenvalue weighted by atomic mass is 16.2. The molecule has 0 radical (unpaired) electrons. The molecule has 0 aliphatic rings. The maximum atomic E-state index is 12.7. The lowest BCUT2D eigenvalue weighted by molar-refractivity contribution is 0.0793. The lowest BCUT2D eigenvalue weighted by Crippen LogP contribution is -2.30. The molecule has 0 unspecified atom stereocenters. The van der Waals surface area contributed by atoms with Crippen LogP contribution in [0.3, 0.4) is 0 Å². The molecule has 0 fully saturated rings. The SMILES string of the molecule is CCCCN(C)C(=O)c1cccc(C(=O)N(C)CCc2ccncc2)c1. The van der Waals surface area contributed by atoms with Gasteiger partial charge in [-0.25, -0.2) is 0 Å². The Hall–Kier alpha value is -2.69. The summed E-state index contributed by atoms with van der Waals surface area (Å²) in [5.41, 5.74) is 2.23. The van der Waals surface area contributed by atoms with Gasteiger partial charge in [-0.05, 0) is 48.7 Å². The molecule has 2 amide bonds. The normalized spacial score (nSPS) is 10.4. The number of pyridine rings is 1. The monoisotopic (exact) mass is 353 g/mol. The van der Waals surface area contributed by atoms with Crippen LogP contribution in [0.1, 0.15) is 46.0 Å². The molecular formula is C21H27N3O2. The minimum atomic E-state index is -0.0788. The van der Waals surface area contributed by atoms with Crippen molar-refractivity contribution in [1.82, 2.24) is 14.8 Å². The van der Waals surface area contributed by atoms with Gasteiger partial charge in [0.2, 0.25) is 0 Å². The third-order valence-electron chi connectivity index (χ3n) is 4.38. The Morgan fingerprint density at radius 2 is 1.50 bits per heavy atom. The van der Waals surface area contributed by atoms with Crippen LogP contribution in [0.5, 0.6) is 0 Å². The van der Waals surface area contributed by atoms with Gasteiger partial charge in [0.25, 0.3) is 11.8 Å². The van der Waals surface area contributed by atoms with Crippen LogP contribution in [0.4, 0.5) is 0 Å². The number of amides is 2. The van der Waals surface area contributed by atoms with Gasteiger partial charge in [-0.15, -0.1) is 0 Å². The van der Waals surface area contributed by atoms with Crippen LogP contribution >= 0.6 is 0 Å². The molecule has 26 heavy (non-hydrogen) atoms. The van der Waals surface area contributed by atoms with Crippen molar-refractivity contribution in [3.63, 3.8) is 0 Å². The Bertz CT molecular complexity index is 731. The van der Waals surface area contributed by atoms with Gasteiger partial charge in [-0.3, -0.25) is 14.6 Å². The lowest BCUT2D eigenvalue weighted by atomic mass is 10.1. The van der Waals surface area contributed by atoms with E-state index in [0.717, 1.165) is 31.4 Å². The molecule has 5 nitrogen and oxygen atoms in total. The zero-order chi connectivity index (χ0) is 18.9. The summed E-state index contributed by atoms with van der Waals surface area (Å²) in [6.07, 6.45) is 6.28. The summed E-state index contributed by atoms with van der Waals surface area (Å²) >= 11 is 0. The predicted octanol–water partition coefficient (Wildman–Crippen LogP) is 3.27. The fourth-order valence-electron chi connectivity index (χ4n) is 2.67. The van der Waals surface area contributed by atoms with Crippen LogP contribution in [0.2, 0.25) is 0 Å². The second kappa shape index (κ2) is 9.70. The first-order chi connectivity index (χ1) is 12.5. The number of benzene rings is 1. The first-order valence-electron chi connectivity index (χ1n) is 9.02. The van der Waals surface area contributed by atoms with Gasteiger partial charge in [-0.2, -0.15) is 0 Å². The molecular weight excluding hydrogens is 326 g/mol. The van der Waals surface area contributed by atoms with Crippen LogP contribution in [0.25, 0.3) is 0 Å². The van der Waals surface area contributed by atoms with E-state index in [4.69, 9.17) is 0 Å². The molecule has 0 spiro atoms. The van der Waals surface area contributed by atoms with Crippen molar-refractivity contribution in [2.45, 2.75) is 26.2 Å². The van der Waals surface area contributed by atoms with Crippen molar-refractivity contribution in [3.05, 3.63) is 65.5 Å². The molecule has 2 rings (SSSR count). The average Bonchev–Trinajstić information content (AvgIpc) is 2.69. The van der Waals surface area contributed by atoms with Gasteiger partial charge in [0.05, 0.1) is 0 Å². The summed E-state index contributed by atoms with van der Waals surface area (Å²) in [6.45, 7) is 3.43. The van der Waals surface area contributed by atoms with E-state index in [0.29, 0.717) is 17.7 Å². The van der Waals surface area contributed by atoms with Crippen LogP contribution < -0.4 is 0 Å². The second-order valence-corrected chi connectivity index (χ2v) is 6.49. The fourth-order valence-corrected chi connectivity index (χ4v) is 2.67. The van der Waals surface area contributed by atoms with E-state index in [2.05, 4.69) is 11.9 Å². The van der Waals surface area contributed by atoms with Crippen molar-refractivity contribution in [2.24, 2.45) is 0 Å². The summed E-state index contributed by atoms with van der Waals surface area (Å²) in [7, 11) is 3.58. The van der Waals surface area contributed by atoms with Crippen molar-refractivity contribution in [1.29, 1.82) is 0 Å². The van der Waals surface area contributed by atoms with Crippen LogP contribution in [-0.2, 0) is 6.42 Å². The van der Waals surface area contributed by atoms with Gasteiger partial charge in [0, 0.05) is 50.7 Å². The van der Waals surface area contributed by atoms with E-state index in [1.165, 1.54) is 0 Å². The molecule has 0 aliphatic heterocycles. The Labute approximate surface area is 155 Å². The molecule has 1 aromatic heterocycles. The average molecular weight is 353 g/mol. The van der Waals surface area contributed by atoms with E-state index in [-0.39, 0.29) is 11.8 Å². The Kier molecular flexibility index (Phi) is 7.33. The van der Waals surface area contributed by atoms with Gasteiger partial charge in [-0.1, -0.05) is 19.4 Å². The zero-order valence-corrected chi connectivity index (χ0v) is 15.8. The number of carbonyl (C=O) groups excluding carboxylic acids is 2. The quantitative estimate of drug-likeness (QED) is 0.732. The number of rotatable bonds is 8. The topological polar surface area (TPSA) is 53.5 Å². The lowest BCUT2D eigenvalue weighted by Gasteiger charge is -2.19. The third kappa shape index (κ3) is 5.41. The summed E-state index contributed by atoms with van der Waals surface area (Å²) in [6, 6.07) is 10.9.